The first-order valence-corrected chi connectivity index (χ1v) is 13.1. The van der Waals surface area contributed by atoms with E-state index in [1.807, 2.05) is 13.1 Å². The number of hydrogen-bond acceptors (Lipinski definition) is 8. The molecule has 13 heteroatoms. The summed E-state index contributed by atoms with van der Waals surface area (Å²) in [7, 11) is -7.77. The number of alkyl halides is 3. The van der Waals surface area contributed by atoms with E-state index >= 15 is 0 Å². The van der Waals surface area contributed by atoms with Crippen LogP contribution < -0.4 is 0 Å². The van der Waals surface area contributed by atoms with Crippen molar-refractivity contribution in [3.63, 3.8) is 0 Å². The first-order valence-electron chi connectivity index (χ1n) is 8.76. The molecule has 2 aliphatic heterocycles. The first-order chi connectivity index (χ1) is 12.4. The average Bonchev–Trinajstić information content (AvgIpc) is 2.89. The van der Waals surface area contributed by atoms with Crippen molar-refractivity contribution in [2.75, 3.05) is 6.61 Å². The van der Waals surface area contributed by atoms with Crippen LogP contribution in [0.15, 0.2) is 0 Å². The highest BCUT2D eigenvalue weighted by Gasteiger charge is 2.67. The van der Waals surface area contributed by atoms with Crippen LogP contribution in [0.25, 0.3) is 0 Å². The van der Waals surface area contributed by atoms with Crippen molar-refractivity contribution in [3.05, 3.63) is 0 Å². The van der Waals surface area contributed by atoms with Crippen LogP contribution in [0.5, 0.6) is 0 Å². The zero-order valence-electron chi connectivity index (χ0n) is 16.8. The van der Waals surface area contributed by atoms with Gasteiger partial charge in [-0.15, -0.1) is 0 Å². The summed E-state index contributed by atoms with van der Waals surface area (Å²) in [4.78, 5) is 4.76. The third kappa shape index (κ3) is 4.88. The SMILES string of the molecule is C[SiH](C)C12O[C@H](COC(C)(C)C)[C@@H](OOS(=O)(=O)C(F)(F)F)[C@H]1OC(C)(C)O2. The lowest BCUT2D eigenvalue weighted by Crippen LogP contribution is -2.51. The summed E-state index contributed by atoms with van der Waals surface area (Å²) >= 11 is 0. The molecular weight excluding hydrogens is 425 g/mol. The summed E-state index contributed by atoms with van der Waals surface area (Å²) < 4.78 is 87.6. The second-order valence-electron chi connectivity index (χ2n) is 8.52. The van der Waals surface area contributed by atoms with Crippen molar-refractivity contribution >= 4 is 18.9 Å². The molecule has 0 amide bonds. The molecule has 0 N–H and O–H groups in total. The highest BCUT2D eigenvalue weighted by Crippen LogP contribution is 2.48. The van der Waals surface area contributed by atoms with E-state index < -0.39 is 59.5 Å². The third-order valence-corrected chi connectivity index (χ3v) is 7.24. The van der Waals surface area contributed by atoms with Gasteiger partial charge in [-0.25, -0.2) is 4.89 Å². The number of rotatable bonds is 6. The Labute approximate surface area is 164 Å². The summed E-state index contributed by atoms with van der Waals surface area (Å²) in [5, 5.41) is 0. The second kappa shape index (κ2) is 7.44. The standard InChI is InChI=1S/C15H27F3O8SSi/c1-12(2,3)21-8-9-10(24-26-27(19,20)15(16,17)18)11-14(22-9,28(6)7)25-13(4,5)23-11/h9-11,28H,8H2,1-7H3/t9-,10-,11-,14?/m1/s1. The molecular formula is C15H27F3O8SSi. The van der Waals surface area contributed by atoms with Gasteiger partial charge in [-0.2, -0.15) is 21.6 Å². The molecule has 4 atom stereocenters. The Bertz CT molecular complexity index is 676. The highest BCUT2D eigenvalue weighted by atomic mass is 32.2. The molecule has 0 radical (unpaired) electrons. The van der Waals surface area contributed by atoms with Gasteiger partial charge in [-0.1, -0.05) is 17.4 Å². The molecule has 28 heavy (non-hydrogen) atoms. The normalized spacial score (nSPS) is 33.5. The van der Waals surface area contributed by atoms with Crippen molar-refractivity contribution in [3.8, 4) is 0 Å². The van der Waals surface area contributed by atoms with Gasteiger partial charge in [0.15, 0.2) is 17.3 Å². The Morgan fingerprint density at radius 3 is 2.14 bits per heavy atom. The molecule has 0 aliphatic carbocycles. The minimum atomic E-state index is -5.95. The molecule has 2 saturated heterocycles. The van der Waals surface area contributed by atoms with Gasteiger partial charge in [0.05, 0.1) is 12.2 Å². The molecule has 0 saturated carbocycles. The third-order valence-electron chi connectivity index (χ3n) is 4.22. The largest absolute Gasteiger partial charge is 0.525 e. The summed E-state index contributed by atoms with van der Waals surface area (Å²) in [6.07, 6.45) is -3.25. The molecule has 0 bridgehead atoms. The van der Waals surface area contributed by atoms with Crippen molar-refractivity contribution < 1.29 is 49.8 Å². The molecule has 8 nitrogen and oxygen atoms in total. The lowest BCUT2D eigenvalue weighted by Gasteiger charge is -2.32. The minimum Gasteiger partial charge on any atom is -0.373 e. The minimum absolute atomic E-state index is 0.0872. The Morgan fingerprint density at radius 1 is 1.11 bits per heavy atom. The van der Waals surface area contributed by atoms with Gasteiger partial charge < -0.3 is 18.9 Å². The van der Waals surface area contributed by atoms with Crippen LogP contribution in [0.4, 0.5) is 13.2 Å². The number of fused-ring (bicyclic) bond motifs is 1. The molecule has 2 rings (SSSR count). The van der Waals surface area contributed by atoms with E-state index in [2.05, 4.69) is 4.33 Å². The van der Waals surface area contributed by atoms with Crippen LogP contribution in [0.3, 0.4) is 0 Å². The van der Waals surface area contributed by atoms with E-state index in [0.717, 1.165) is 0 Å². The van der Waals surface area contributed by atoms with Crippen molar-refractivity contribution in [1.82, 2.24) is 0 Å². The van der Waals surface area contributed by atoms with Crippen molar-refractivity contribution in [2.45, 2.75) is 88.3 Å². The van der Waals surface area contributed by atoms with Crippen molar-refractivity contribution in [1.29, 1.82) is 0 Å². The van der Waals surface area contributed by atoms with Gasteiger partial charge in [-0.3, -0.25) is 0 Å². The maximum Gasteiger partial charge on any atom is 0.525 e. The summed E-state index contributed by atoms with van der Waals surface area (Å²) in [6, 6.07) is 0. The lowest BCUT2D eigenvalue weighted by molar-refractivity contribution is -0.297. The molecule has 0 aromatic heterocycles. The lowest BCUT2D eigenvalue weighted by atomic mass is 10.1. The van der Waals surface area contributed by atoms with Crippen LogP contribution in [0.2, 0.25) is 13.1 Å². The van der Waals surface area contributed by atoms with Gasteiger partial charge in [0, 0.05) is 0 Å². The smallest absolute Gasteiger partial charge is 0.373 e. The Morgan fingerprint density at radius 2 is 1.68 bits per heavy atom. The van der Waals surface area contributed by atoms with Crippen LogP contribution in [0.1, 0.15) is 34.6 Å². The number of halogens is 3. The number of ether oxygens (including phenoxy) is 4. The van der Waals surface area contributed by atoms with Crippen LogP contribution in [0, 0.1) is 0 Å². The second-order valence-corrected chi connectivity index (χ2v) is 13.1. The Balaban J connectivity index is 2.30. The van der Waals surface area contributed by atoms with Crippen LogP contribution >= 0.6 is 0 Å². The maximum absolute atomic E-state index is 12.6. The van der Waals surface area contributed by atoms with Crippen molar-refractivity contribution in [2.24, 2.45) is 0 Å². The molecule has 2 heterocycles. The molecule has 0 aromatic rings. The molecule has 2 aliphatic rings. The van der Waals surface area contributed by atoms with Crippen LogP contribution in [-0.2, 0) is 38.3 Å². The van der Waals surface area contributed by atoms with Gasteiger partial charge >= 0.3 is 15.6 Å². The quantitative estimate of drug-likeness (QED) is 0.262. The van der Waals surface area contributed by atoms with E-state index in [1.54, 1.807) is 34.6 Å². The molecule has 2 fully saturated rings. The van der Waals surface area contributed by atoms with Gasteiger partial charge in [-0.05, 0) is 34.6 Å². The molecule has 166 valence electrons. The Kier molecular flexibility index (Phi) is 6.38. The summed E-state index contributed by atoms with van der Waals surface area (Å²) in [5.74, 6) is -1.09. The van der Waals surface area contributed by atoms with E-state index in [4.69, 9.17) is 23.8 Å². The fraction of sp³-hybridized carbons (Fsp3) is 1.00. The first kappa shape index (κ1) is 24.0. The zero-order chi connectivity index (χ0) is 21.8. The predicted octanol–water partition coefficient (Wildman–Crippen LogP) is 2.24. The van der Waals surface area contributed by atoms with E-state index in [9.17, 15) is 21.6 Å². The number of hydrogen-bond donors (Lipinski definition) is 0. The fourth-order valence-corrected chi connectivity index (χ4v) is 5.18. The van der Waals surface area contributed by atoms with Gasteiger partial charge in [0.25, 0.3) is 0 Å². The van der Waals surface area contributed by atoms with E-state index in [1.165, 1.54) is 0 Å². The summed E-state index contributed by atoms with van der Waals surface area (Å²) in [6.45, 7) is 12.3. The van der Waals surface area contributed by atoms with Gasteiger partial charge in [0.2, 0.25) is 0 Å². The molecule has 0 spiro atoms. The average molecular weight is 453 g/mol. The Hall–Kier alpha value is -0.283. The summed E-state index contributed by atoms with van der Waals surface area (Å²) in [5.41, 5.74) is -7.43. The molecule has 0 aromatic carbocycles. The highest BCUT2D eigenvalue weighted by molar-refractivity contribution is 7.87. The van der Waals surface area contributed by atoms with E-state index in [0.29, 0.717) is 0 Å². The maximum atomic E-state index is 12.6. The van der Waals surface area contributed by atoms with Crippen LogP contribution in [-0.4, -0.2) is 64.4 Å². The predicted molar refractivity (Wildman–Crippen MR) is 93.2 cm³/mol. The monoisotopic (exact) mass is 452 g/mol. The molecule has 1 unspecified atom stereocenters. The zero-order valence-corrected chi connectivity index (χ0v) is 18.8. The van der Waals surface area contributed by atoms with E-state index in [-0.39, 0.29) is 6.61 Å². The fourth-order valence-electron chi connectivity index (χ4n) is 3.03. The topological polar surface area (TPSA) is 89.5 Å². The van der Waals surface area contributed by atoms with Gasteiger partial charge in [0.1, 0.15) is 21.0 Å².